The SMILES string of the molecule is CCCCCCCCC(=O)NN=Cc1ccccc1OC(=O)c1ccc(Cl)cc1. The number of ether oxygens (including phenoxy) is 1. The third-order valence-corrected chi connectivity index (χ3v) is 4.60. The molecular formula is C23H27ClN2O3. The summed E-state index contributed by atoms with van der Waals surface area (Å²) < 4.78 is 5.45. The van der Waals surface area contributed by atoms with E-state index >= 15 is 0 Å². The number of nitrogens with one attached hydrogen (secondary N) is 1. The highest BCUT2D eigenvalue weighted by Gasteiger charge is 2.10. The summed E-state index contributed by atoms with van der Waals surface area (Å²) in [6.45, 7) is 2.18. The number of para-hydroxylation sites is 1. The van der Waals surface area contributed by atoms with Gasteiger partial charge in [0.1, 0.15) is 5.75 Å². The quantitative estimate of drug-likeness (QED) is 0.167. The summed E-state index contributed by atoms with van der Waals surface area (Å²) in [4.78, 5) is 24.2. The number of unbranched alkanes of at least 4 members (excludes halogenated alkanes) is 5. The average Bonchev–Trinajstić information content (AvgIpc) is 2.72. The molecule has 29 heavy (non-hydrogen) atoms. The summed E-state index contributed by atoms with van der Waals surface area (Å²) in [5.74, 6) is -0.247. The number of halogens is 1. The van der Waals surface area contributed by atoms with Crippen molar-refractivity contribution < 1.29 is 14.3 Å². The zero-order valence-corrected chi connectivity index (χ0v) is 17.5. The summed E-state index contributed by atoms with van der Waals surface area (Å²) >= 11 is 5.84. The number of esters is 1. The van der Waals surface area contributed by atoms with E-state index in [0.717, 1.165) is 19.3 Å². The Kier molecular flexibility index (Phi) is 9.93. The van der Waals surface area contributed by atoms with Crippen LogP contribution in [0.2, 0.25) is 5.02 Å². The number of rotatable bonds is 11. The van der Waals surface area contributed by atoms with Gasteiger partial charge in [-0.2, -0.15) is 5.10 Å². The lowest BCUT2D eigenvalue weighted by molar-refractivity contribution is -0.121. The molecule has 0 unspecified atom stereocenters. The Hall–Kier alpha value is -2.66. The van der Waals surface area contributed by atoms with Crippen molar-refractivity contribution in [2.45, 2.75) is 51.9 Å². The van der Waals surface area contributed by atoms with Gasteiger partial charge in [0.2, 0.25) is 5.91 Å². The molecule has 1 amide bonds. The van der Waals surface area contributed by atoms with E-state index in [1.54, 1.807) is 48.5 Å². The molecule has 0 bridgehead atoms. The van der Waals surface area contributed by atoms with Crippen molar-refractivity contribution in [1.29, 1.82) is 0 Å². The molecule has 6 heteroatoms. The predicted molar refractivity (Wildman–Crippen MR) is 117 cm³/mol. The lowest BCUT2D eigenvalue weighted by atomic mass is 10.1. The lowest BCUT2D eigenvalue weighted by Crippen LogP contribution is -2.17. The van der Waals surface area contributed by atoms with Crippen molar-refractivity contribution in [3.05, 3.63) is 64.7 Å². The normalized spacial score (nSPS) is 10.8. The van der Waals surface area contributed by atoms with E-state index in [0.29, 0.717) is 28.3 Å². The van der Waals surface area contributed by atoms with Gasteiger partial charge in [-0.3, -0.25) is 4.79 Å². The first-order valence-electron chi connectivity index (χ1n) is 9.99. The molecule has 5 nitrogen and oxygen atoms in total. The van der Waals surface area contributed by atoms with Crippen LogP contribution in [-0.4, -0.2) is 18.1 Å². The molecule has 0 atom stereocenters. The van der Waals surface area contributed by atoms with Crippen LogP contribution < -0.4 is 10.2 Å². The molecule has 2 aromatic rings. The highest BCUT2D eigenvalue weighted by Crippen LogP contribution is 2.18. The molecule has 2 rings (SSSR count). The average molecular weight is 415 g/mol. The molecule has 0 radical (unpaired) electrons. The monoisotopic (exact) mass is 414 g/mol. The van der Waals surface area contributed by atoms with Gasteiger partial charge in [-0.05, 0) is 42.8 Å². The van der Waals surface area contributed by atoms with Crippen LogP contribution in [0.5, 0.6) is 5.75 Å². The molecule has 0 saturated heterocycles. The van der Waals surface area contributed by atoms with E-state index < -0.39 is 5.97 Å². The Bertz CT molecular complexity index is 819. The van der Waals surface area contributed by atoms with Crippen molar-refractivity contribution in [3.8, 4) is 5.75 Å². The van der Waals surface area contributed by atoms with Crippen molar-refractivity contribution in [2.24, 2.45) is 5.10 Å². The Morgan fingerprint density at radius 1 is 1.00 bits per heavy atom. The van der Waals surface area contributed by atoms with Gasteiger partial charge < -0.3 is 4.74 Å². The first kappa shape index (κ1) is 22.6. The fraction of sp³-hybridized carbons (Fsp3) is 0.348. The number of carbonyl (C=O) groups is 2. The summed E-state index contributed by atoms with van der Waals surface area (Å²) in [6.07, 6.45) is 8.70. The molecule has 0 heterocycles. The molecule has 0 aliphatic rings. The smallest absolute Gasteiger partial charge is 0.343 e. The first-order valence-corrected chi connectivity index (χ1v) is 10.4. The number of hydrogen-bond acceptors (Lipinski definition) is 4. The number of hydrazone groups is 1. The minimum absolute atomic E-state index is 0.118. The third kappa shape index (κ3) is 8.48. The van der Waals surface area contributed by atoms with Crippen LogP contribution in [0, 0.1) is 0 Å². The minimum Gasteiger partial charge on any atom is -0.422 e. The van der Waals surface area contributed by atoms with Crippen LogP contribution in [0.15, 0.2) is 53.6 Å². The van der Waals surface area contributed by atoms with Crippen LogP contribution in [0.4, 0.5) is 0 Å². The number of carbonyl (C=O) groups excluding carboxylic acids is 2. The number of hydrogen-bond donors (Lipinski definition) is 1. The summed E-state index contributed by atoms with van der Waals surface area (Å²) in [6, 6.07) is 13.5. The minimum atomic E-state index is -0.491. The van der Waals surface area contributed by atoms with E-state index in [4.69, 9.17) is 16.3 Å². The van der Waals surface area contributed by atoms with Crippen LogP contribution in [-0.2, 0) is 4.79 Å². The van der Waals surface area contributed by atoms with Gasteiger partial charge in [0.15, 0.2) is 0 Å². The van der Waals surface area contributed by atoms with Gasteiger partial charge in [-0.1, -0.05) is 62.8 Å². The van der Waals surface area contributed by atoms with Crippen molar-refractivity contribution in [3.63, 3.8) is 0 Å². The zero-order valence-electron chi connectivity index (χ0n) is 16.7. The third-order valence-electron chi connectivity index (χ3n) is 4.35. The maximum Gasteiger partial charge on any atom is 0.343 e. The maximum absolute atomic E-state index is 12.3. The van der Waals surface area contributed by atoms with Crippen molar-refractivity contribution >= 4 is 29.7 Å². The molecule has 0 fully saturated rings. The molecule has 0 aliphatic heterocycles. The van der Waals surface area contributed by atoms with Gasteiger partial charge in [0.05, 0.1) is 11.8 Å². The predicted octanol–water partition coefficient (Wildman–Crippen LogP) is 5.76. The molecule has 0 spiro atoms. The number of nitrogens with zero attached hydrogens (tertiary/aromatic N) is 1. The van der Waals surface area contributed by atoms with Gasteiger partial charge >= 0.3 is 5.97 Å². The summed E-state index contributed by atoms with van der Waals surface area (Å²) in [5, 5.41) is 4.54. The van der Waals surface area contributed by atoms with Crippen LogP contribution in [0.25, 0.3) is 0 Å². The fourth-order valence-electron chi connectivity index (χ4n) is 2.72. The van der Waals surface area contributed by atoms with Gasteiger partial charge in [0.25, 0.3) is 0 Å². The number of amides is 1. The second-order valence-electron chi connectivity index (χ2n) is 6.75. The Labute approximate surface area is 177 Å². The maximum atomic E-state index is 12.3. The molecular weight excluding hydrogens is 388 g/mol. The molecule has 0 aromatic heterocycles. The van der Waals surface area contributed by atoms with Crippen molar-refractivity contribution in [2.75, 3.05) is 0 Å². The van der Waals surface area contributed by atoms with E-state index in [1.165, 1.54) is 25.5 Å². The first-order chi connectivity index (χ1) is 14.1. The standard InChI is InChI=1S/C23H27ClN2O3/c1-2-3-4-5-6-7-12-22(27)26-25-17-19-10-8-9-11-21(19)29-23(28)18-13-15-20(24)16-14-18/h8-11,13-17H,2-7,12H2,1H3,(H,26,27). The second-order valence-corrected chi connectivity index (χ2v) is 7.18. The molecule has 1 N–H and O–H groups in total. The van der Waals surface area contributed by atoms with E-state index in [9.17, 15) is 9.59 Å². The van der Waals surface area contributed by atoms with E-state index in [-0.39, 0.29) is 5.91 Å². The largest absolute Gasteiger partial charge is 0.422 e. The van der Waals surface area contributed by atoms with Gasteiger partial charge in [0, 0.05) is 17.0 Å². The lowest BCUT2D eigenvalue weighted by Gasteiger charge is -2.07. The Morgan fingerprint density at radius 2 is 1.69 bits per heavy atom. The fourth-order valence-corrected chi connectivity index (χ4v) is 2.85. The van der Waals surface area contributed by atoms with E-state index in [1.807, 2.05) is 0 Å². The molecule has 154 valence electrons. The Balaban J connectivity index is 1.84. The molecule has 2 aromatic carbocycles. The van der Waals surface area contributed by atoms with Crippen LogP contribution in [0.1, 0.15) is 67.8 Å². The van der Waals surface area contributed by atoms with E-state index in [2.05, 4.69) is 17.5 Å². The topological polar surface area (TPSA) is 67.8 Å². The highest BCUT2D eigenvalue weighted by molar-refractivity contribution is 6.30. The zero-order chi connectivity index (χ0) is 20.9. The summed E-state index contributed by atoms with van der Waals surface area (Å²) in [7, 11) is 0. The number of benzene rings is 2. The Morgan fingerprint density at radius 3 is 2.45 bits per heavy atom. The molecule has 0 saturated carbocycles. The summed E-state index contributed by atoms with van der Waals surface area (Å²) in [5.41, 5.74) is 3.52. The van der Waals surface area contributed by atoms with Gasteiger partial charge in [-0.15, -0.1) is 0 Å². The van der Waals surface area contributed by atoms with Crippen LogP contribution >= 0.6 is 11.6 Å². The highest BCUT2D eigenvalue weighted by atomic mass is 35.5. The second kappa shape index (κ2) is 12.7. The van der Waals surface area contributed by atoms with Crippen LogP contribution in [0.3, 0.4) is 0 Å². The van der Waals surface area contributed by atoms with Gasteiger partial charge in [-0.25, -0.2) is 10.2 Å². The van der Waals surface area contributed by atoms with Crippen molar-refractivity contribution in [1.82, 2.24) is 5.43 Å². The molecule has 0 aliphatic carbocycles.